The maximum Gasteiger partial charge on any atom is 0.361 e. The average Bonchev–Trinajstić information content (AvgIpc) is 3.35. The van der Waals surface area contributed by atoms with E-state index in [0.29, 0.717) is 17.4 Å². The molecule has 0 rings (SSSR count). The van der Waals surface area contributed by atoms with Crippen LogP contribution in [0.3, 0.4) is 0 Å². The van der Waals surface area contributed by atoms with Gasteiger partial charge in [0.2, 0.25) is 0 Å². The summed E-state index contributed by atoms with van der Waals surface area (Å²) in [5, 5.41) is 9.67. The highest BCUT2D eigenvalue weighted by molar-refractivity contribution is 5.71. The van der Waals surface area contributed by atoms with E-state index in [1.54, 1.807) is 0 Å². The third kappa shape index (κ3) is 55.3. The largest absolute Gasteiger partial charge is 0.477 e. The lowest BCUT2D eigenvalue weighted by molar-refractivity contribution is -0.870. The SMILES string of the molecule is CCC/C=C\CCCCCCCC(=O)OCC(COC(OCC[N+](C)(C)C)C(=O)O)OC(=O)CCCCCCCCCCCCCCCCCCCCCCCCCCC/C=C\C/C=C\CCCCCCC. The first-order chi connectivity index (χ1) is 35.1. The van der Waals surface area contributed by atoms with Gasteiger partial charge in [0.25, 0.3) is 6.29 Å². The summed E-state index contributed by atoms with van der Waals surface area (Å²) in [6.45, 7) is 4.82. The Morgan fingerprint density at radius 2 is 0.778 bits per heavy atom. The molecule has 0 spiro atoms. The Kier molecular flexibility index (Phi) is 52.9. The monoisotopic (exact) mass is 1020 g/mol. The van der Waals surface area contributed by atoms with Crippen LogP contribution < -0.4 is 0 Å². The molecule has 2 atom stereocenters. The number of ether oxygens (including phenoxy) is 4. The third-order valence-corrected chi connectivity index (χ3v) is 13.6. The Morgan fingerprint density at radius 1 is 0.417 bits per heavy atom. The second-order valence-electron chi connectivity index (χ2n) is 22.0. The lowest BCUT2D eigenvalue weighted by Gasteiger charge is -2.25. The molecule has 0 amide bonds. The molecule has 0 aliphatic rings. The van der Waals surface area contributed by atoms with E-state index in [1.165, 1.54) is 193 Å². The van der Waals surface area contributed by atoms with Crippen molar-refractivity contribution >= 4 is 17.9 Å². The van der Waals surface area contributed by atoms with Gasteiger partial charge >= 0.3 is 17.9 Å². The molecule has 0 saturated heterocycles. The molecular weight excluding hydrogens is 899 g/mol. The molecule has 0 radical (unpaired) electrons. The molecular formula is C63H118NO8+. The van der Waals surface area contributed by atoms with E-state index in [2.05, 4.69) is 50.3 Å². The molecule has 0 aliphatic carbocycles. The average molecular weight is 1020 g/mol. The molecule has 0 heterocycles. The van der Waals surface area contributed by atoms with E-state index in [1.807, 2.05) is 21.1 Å². The Bertz CT molecular complexity index is 1270. The highest BCUT2D eigenvalue weighted by atomic mass is 16.7. The number of rotatable bonds is 57. The van der Waals surface area contributed by atoms with Crippen molar-refractivity contribution < 1.29 is 42.9 Å². The van der Waals surface area contributed by atoms with Crippen molar-refractivity contribution in [1.29, 1.82) is 0 Å². The predicted molar refractivity (Wildman–Crippen MR) is 304 cm³/mol. The van der Waals surface area contributed by atoms with Crippen LogP contribution in [0.25, 0.3) is 0 Å². The summed E-state index contributed by atoms with van der Waals surface area (Å²) in [6.07, 6.45) is 64.2. The number of likely N-dealkylation sites (N-methyl/N-ethyl adjacent to an activating group) is 1. The molecule has 0 aliphatic heterocycles. The Morgan fingerprint density at radius 3 is 1.17 bits per heavy atom. The summed E-state index contributed by atoms with van der Waals surface area (Å²) in [7, 11) is 5.97. The molecule has 0 saturated carbocycles. The second kappa shape index (κ2) is 54.8. The summed E-state index contributed by atoms with van der Waals surface area (Å²) >= 11 is 0. The van der Waals surface area contributed by atoms with Gasteiger partial charge in [-0.25, -0.2) is 4.79 Å². The number of carbonyl (C=O) groups is 3. The predicted octanol–water partition coefficient (Wildman–Crippen LogP) is 18.1. The minimum atomic E-state index is -1.51. The summed E-state index contributed by atoms with van der Waals surface area (Å²) in [5.74, 6) is -2.00. The van der Waals surface area contributed by atoms with Gasteiger partial charge < -0.3 is 28.5 Å². The number of carboxylic acids is 1. The summed E-state index contributed by atoms with van der Waals surface area (Å²) in [4.78, 5) is 37.2. The van der Waals surface area contributed by atoms with Crippen molar-refractivity contribution in [3.63, 3.8) is 0 Å². The lowest BCUT2D eigenvalue weighted by atomic mass is 10.0. The van der Waals surface area contributed by atoms with Crippen LogP contribution in [0, 0.1) is 0 Å². The Labute approximate surface area is 445 Å². The molecule has 72 heavy (non-hydrogen) atoms. The zero-order chi connectivity index (χ0) is 52.7. The van der Waals surface area contributed by atoms with Crippen LogP contribution in [0.4, 0.5) is 0 Å². The van der Waals surface area contributed by atoms with Crippen LogP contribution in [0.2, 0.25) is 0 Å². The minimum Gasteiger partial charge on any atom is -0.477 e. The van der Waals surface area contributed by atoms with Crippen LogP contribution in [0.15, 0.2) is 36.5 Å². The lowest BCUT2D eigenvalue weighted by Crippen LogP contribution is -2.40. The number of esters is 2. The van der Waals surface area contributed by atoms with Gasteiger partial charge in [-0.1, -0.05) is 249 Å². The zero-order valence-corrected chi connectivity index (χ0v) is 48.1. The maximum absolute atomic E-state index is 12.8. The van der Waals surface area contributed by atoms with Gasteiger partial charge in [-0.2, -0.15) is 0 Å². The van der Waals surface area contributed by atoms with Gasteiger partial charge in [0.15, 0.2) is 6.10 Å². The first-order valence-corrected chi connectivity index (χ1v) is 30.7. The summed E-state index contributed by atoms with van der Waals surface area (Å²) < 4.78 is 22.8. The van der Waals surface area contributed by atoms with Crippen LogP contribution in [-0.2, 0) is 33.3 Å². The number of carbonyl (C=O) groups excluding carboxylic acids is 2. The third-order valence-electron chi connectivity index (χ3n) is 13.6. The standard InChI is InChI=1S/C63H117NO8/c1-6-8-10-12-14-16-18-19-20-21-22-23-24-25-26-27-28-29-30-31-32-33-34-35-36-37-38-39-40-41-42-43-44-46-48-50-52-54-61(66)72-59(58-71-63(62(67)68)69-56-55-64(3,4)5)57-70-60(65)53-51-49-47-45-17-15-13-11-9-7-2/h11,13,18-19,21-22,59,63H,6-10,12,14-17,20,23-58H2,1-5H3/p+1/b13-11-,19-18-,22-21-. The number of carboxylic acid groups (broad SMARTS) is 1. The van der Waals surface area contributed by atoms with Crippen molar-refractivity contribution in [2.75, 3.05) is 47.5 Å². The fourth-order valence-electron chi connectivity index (χ4n) is 8.87. The smallest absolute Gasteiger partial charge is 0.361 e. The zero-order valence-electron chi connectivity index (χ0n) is 48.1. The first kappa shape index (κ1) is 69.5. The van der Waals surface area contributed by atoms with Gasteiger partial charge in [-0.05, 0) is 64.2 Å². The number of aliphatic carboxylic acids is 1. The van der Waals surface area contributed by atoms with E-state index < -0.39 is 24.3 Å². The topological polar surface area (TPSA) is 108 Å². The number of hydrogen-bond donors (Lipinski definition) is 1. The molecule has 422 valence electrons. The van der Waals surface area contributed by atoms with Crippen molar-refractivity contribution in [1.82, 2.24) is 0 Å². The van der Waals surface area contributed by atoms with Gasteiger partial charge in [-0.15, -0.1) is 0 Å². The second-order valence-corrected chi connectivity index (χ2v) is 22.0. The van der Waals surface area contributed by atoms with Crippen molar-refractivity contribution in [2.45, 2.75) is 302 Å². The van der Waals surface area contributed by atoms with E-state index in [0.717, 1.165) is 70.6 Å². The van der Waals surface area contributed by atoms with Crippen LogP contribution in [0.5, 0.6) is 0 Å². The van der Waals surface area contributed by atoms with Crippen LogP contribution >= 0.6 is 0 Å². The van der Waals surface area contributed by atoms with E-state index in [9.17, 15) is 19.5 Å². The number of nitrogens with zero attached hydrogens (tertiary/aromatic N) is 1. The van der Waals surface area contributed by atoms with Crippen molar-refractivity contribution in [3.8, 4) is 0 Å². The maximum atomic E-state index is 12.8. The highest BCUT2D eigenvalue weighted by Gasteiger charge is 2.25. The van der Waals surface area contributed by atoms with Crippen molar-refractivity contribution in [3.05, 3.63) is 36.5 Å². The molecule has 0 aromatic rings. The summed E-state index contributed by atoms with van der Waals surface area (Å²) in [6, 6.07) is 0. The number of hydrogen-bond acceptors (Lipinski definition) is 7. The normalized spacial score (nSPS) is 13.0. The molecule has 0 bridgehead atoms. The van der Waals surface area contributed by atoms with Gasteiger partial charge in [0.05, 0.1) is 34.4 Å². The molecule has 0 fully saturated rings. The quantitative estimate of drug-likeness (QED) is 0.0211. The van der Waals surface area contributed by atoms with E-state index in [-0.39, 0.29) is 32.2 Å². The first-order valence-electron chi connectivity index (χ1n) is 30.7. The minimum absolute atomic E-state index is 0.183. The fourth-order valence-corrected chi connectivity index (χ4v) is 8.87. The van der Waals surface area contributed by atoms with E-state index in [4.69, 9.17) is 18.9 Å². The van der Waals surface area contributed by atoms with Crippen LogP contribution in [0.1, 0.15) is 290 Å². The molecule has 9 heteroatoms. The Hall–Kier alpha value is -2.49. The van der Waals surface area contributed by atoms with Gasteiger partial charge in [-0.3, -0.25) is 9.59 Å². The number of allylic oxidation sites excluding steroid dienone is 6. The van der Waals surface area contributed by atoms with E-state index >= 15 is 0 Å². The summed E-state index contributed by atoms with van der Waals surface area (Å²) in [5.41, 5.74) is 0. The molecule has 0 aromatic carbocycles. The van der Waals surface area contributed by atoms with Crippen molar-refractivity contribution in [2.24, 2.45) is 0 Å². The molecule has 9 nitrogen and oxygen atoms in total. The molecule has 0 aromatic heterocycles. The number of quaternary nitrogens is 1. The highest BCUT2D eigenvalue weighted by Crippen LogP contribution is 2.17. The number of unbranched alkanes of at least 4 members (excludes halogenated alkanes) is 36. The fraction of sp³-hybridized carbons (Fsp3) is 0.857. The molecule has 2 unspecified atom stereocenters. The van der Waals surface area contributed by atoms with Gasteiger partial charge in [0, 0.05) is 12.8 Å². The molecule has 1 N–H and O–H groups in total. The van der Waals surface area contributed by atoms with Gasteiger partial charge in [0.1, 0.15) is 13.2 Å². The van der Waals surface area contributed by atoms with Crippen LogP contribution in [-0.4, -0.2) is 87.4 Å². The Balaban J connectivity index is 3.91.